The van der Waals surface area contributed by atoms with Gasteiger partial charge in [0.2, 0.25) is 0 Å². The van der Waals surface area contributed by atoms with Gasteiger partial charge in [0.25, 0.3) is 7.49 Å². The Bertz CT molecular complexity index is 3080. The van der Waals surface area contributed by atoms with Crippen molar-refractivity contribution < 1.29 is 92.3 Å². The van der Waals surface area contributed by atoms with Crippen molar-refractivity contribution in [2.45, 2.75) is 64.7 Å². The molecule has 0 N–H and O–H groups in total. The Morgan fingerprint density at radius 1 is 0.284 bits per heavy atom. The van der Waals surface area contributed by atoms with Crippen LogP contribution in [0.15, 0.2) is 115 Å². The molecule has 1 nitrogen and oxygen atoms in total. The molecule has 0 aliphatic rings. The first-order valence-electron chi connectivity index (χ1n) is 24.6. The van der Waals surface area contributed by atoms with E-state index >= 15 is 35.1 Å². The molecule has 8 aromatic rings. The van der Waals surface area contributed by atoms with E-state index in [0.717, 1.165) is 12.2 Å². The van der Waals surface area contributed by atoms with Gasteiger partial charge in [-0.2, -0.15) is 0 Å². The molecule has 0 saturated heterocycles. The topological polar surface area (TPSA) is 9.23 Å². The molecular weight excluding hydrogens is 1130 g/mol. The molecule has 8 aromatic carbocycles. The molecule has 0 atom stereocenters. The lowest BCUT2D eigenvalue weighted by molar-refractivity contribution is 0.378. The minimum Gasteiger partial charge on any atom is -0.334 e. The van der Waals surface area contributed by atoms with Gasteiger partial charge in [0, 0.05) is 0 Å². The molecule has 23 heteroatoms. The highest BCUT2D eigenvalue weighted by molar-refractivity contribution is 7.92. The molecule has 0 unspecified atom stereocenters. The normalized spacial score (nSPS) is 11.7. The summed E-state index contributed by atoms with van der Waals surface area (Å²) in [5.41, 5.74) is -12.9. The Labute approximate surface area is 450 Å². The van der Waals surface area contributed by atoms with Crippen molar-refractivity contribution in [1.82, 2.24) is 0 Å². The molecule has 426 valence electrons. The number of rotatable bonds is 18. The van der Waals surface area contributed by atoms with E-state index in [1.54, 1.807) is 0 Å². The Hall–Kier alpha value is -7.35. The van der Waals surface area contributed by atoms with Crippen LogP contribution >= 0.6 is 7.49 Å². The fraction of sp³-hybridized carbons (Fsp3) is 0.172. The van der Waals surface area contributed by atoms with E-state index in [2.05, 4.69) is 122 Å². The second kappa shape index (κ2) is 25.6. The molecule has 0 bridgehead atoms. The van der Waals surface area contributed by atoms with Crippen LogP contribution in [0.2, 0.25) is 0 Å². The monoisotopic (exact) mass is 1170 g/mol. The molecule has 0 aliphatic carbocycles. The van der Waals surface area contributed by atoms with Gasteiger partial charge in [0.05, 0.1) is 0 Å². The van der Waals surface area contributed by atoms with Crippen LogP contribution in [0.5, 0.6) is 5.75 Å². The Morgan fingerprint density at radius 2 is 0.519 bits per heavy atom. The van der Waals surface area contributed by atoms with Crippen molar-refractivity contribution in [1.29, 1.82) is 0 Å². The Balaban J connectivity index is 0.000000239. The molecule has 0 aromatic heterocycles. The number of benzene rings is 8. The van der Waals surface area contributed by atoms with Gasteiger partial charge in [-0.15, -0.1) is 21.9 Å². The summed E-state index contributed by atoms with van der Waals surface area (Å²) in [7, 11) is -2.33. The summed E-state index contributed by atoms with van der Waals surface area (Å²) < 4.78 is 301. The third-order valence-corrected chi connectivity index (χ3v) is 17.1. The van der Waals surface area contributed by atoms with E-state index in [9.17, 15) is 52.7 Å². The van der Waals surface area contributed by atoms with Crippen LogP contribution in [-0.4, -0.2) is 6.15 Å². The molecular formula is C58H40BF20OP. The van der Waals surface area contributed by atoms with Crippen molar-refractivity contribution >= 4 is 51.4 Å². The minimum atomic E-state index is -7.22. The number of hydrogen-bond acceptors (Lipinski definition) is 1. The van der Waals surface area contributed by atoms with Gasteiger partial charge in [0.15, 0.2) is 75.6 Å². The predicted octanol–water partition coefficient (Wildman–Crippen LogP) is 14.5. The lowest BCUT2D eigenvalue weighted by Gasteiger charge is -2.44. The zero-order valence-corrected chi connectivity index (χ0v) is 42.7. The molecule has 8 rings (SSSR count). The third-order valence-electron chi connectivity index (χ3n) is 13.6. The van der Waals surface area contributed by atoms with Gasteiger partial charge in [-0.1, -0.05) is 119 Å². The first-order chi connectivity index (χ1) is 38.5. The highest BCUT2D eigenvalue weighted by Crippen LogP contribution is 2.56. The summed E-state index contributed by atoms with van der Waals surface area (Å²) in [6, 6.07) is 41.1. The predicted molar refractivity (Wildman–Crippen MR) is 268 cm³/mol. The van der Waals surface area contributed by atoms with Crippen molar-refractivity contribution in [3.63, 3.8) is 0 Å². The molecule has 0 fully saturated rings. The van der Waals surface area contributed by atoms with Gasteiger partial charge < -0.3 is 4.52 Å². The van der Waals surface area contributed by atoms with Gasteiger partial charge in [-0.25, -0.2) is 87.8 Å². The number of aryl methyl sites for hydroxylation is 1. The molecule has 0 saturated carbocycles. The van der Waals surface area contributed by atoms with Crippen LogP contribution in [0.3, 0.4) is 0 Å². The second-order valence-electron chi connectivity index (χ2n) is 18.4. The number of halogens is 20. The third kappa shape index (κ3) is 11.2. The van der Waals surface area contributed by atoms with E-state index in [4.69, 9.17) is 4.52 Å². The minimum absolute atomic E-state index is 0.930. The smallest absolute Gasteiger partial charge is 0.287 e. The molecule has 0 amide bonds. The maximum atomic E-state index is 15.4. The van der Waals surface area contributed by atoms with Gasteiger partial charge in [0.1, 0.15) is 68.6 Å². The molecule has 0 aliphatic heterocycles. The van der Waals surface area contributed by atoms with Crippen LogP contribution in [-0.2, 0) is 6.42 Å². The zero-order valence-electron chi connectivity index (χ0n) is 41.8. The van der Waals surface area contributed by atoms with Crippen LogP contribution in [0.4, 0.5) is 87.8 Å². The zero-order chi connectivity index (χ0) is 59.2. The first-order valence-corrected chi connectivity index (χ1v) is 26.3. The van der Waals surface area contributed by atoms with Crippen LogP contribution in [0, 0.1) is 116 Å². The van der Waals surface area contributed by atoms with Crippen molar-refractivity contribution in [2.24, 2.45) is 0 Å². The highest BCUT2D eigenvalue weighted by Gasteiger charge is 2.53. The molecule has 0 heterocycles. The standard InChI is InChI=1S/C34H40OP.C24BF20/c1-2-3-4-5-6-7-8-12-19-30-26-28-31(29-27-30)35-36(32-20-13-9-14-21-32,33-22-15-10-16-23-33)34-24-17-11-18-25-34;26-5-1(6(27)14(35)21(42)13(5)34)25(2-7(28)15(36)22(43)16(37)8(2)29,3-9(30)17(38)23(44)18(39)10(3)31)4-11(32)19(40)24(45)20(41)12(4)33/h9-11,13-18,20-29H,2-8,12,19H2,1H3;/q+1;-1. The van der Waals surface area contributed by atoms with E-state index < -0.39 is 152 Å². The van der Waals surface area contributed by atoms with E-state index in [1.165, 1.54) is 72.8 Å². The van der Waals surface area contributed by atoms with E-state index in [1.807, 2.05) is 0 Å². The van der Waals surface area contributed by atoms with Gasteiger partial charge >= 0.3 is 0 Å². The van der Waals surface area contributed by atoms with Crippen LogP contribution < -0.4 is 42.3 Å². The average Bonchev–Trinajstić information content (AvgIpc) is 3.14. The SMILES string of the molecule is CCCCCCCCCCc1ccc(O[P+](c2ccccc2)(c2ccccc2)c2ccccc2)cc1.Fc1c(F)c(F)c([B-](c2c(F)c(F)c(F)c(F)c2F)(c2c(F)c(F)c(F)c(F)c2F)c2c(F)c(F)c(F)c(F)c2F)c(F)c1F. The highest BCUT2D eigenvalue weighted by atomic mass is 31.2. The van der Waals surface area contributed by atoms with E-state index in [-0.39, 0.29) is 0 Å². The lowest BCUT2D eigenvalue weighted by Crippen LogP contribution is -2.81. The quantitative estimate of drug-likeness (QED) is 0.0208. The number of unbranched alkanes of at least 4 members (excludes halogenated alkanes) is 7. The Morgan fingerprint density at radius 3 is 0.778 bits per heavy atom. The van der Waals surface area contributed by atoms with E-state index in [0.29, 0.717) is 0 Å². The average molecular weight is 1170 g/mol. The summed E-state index contributed by atoms with van der Waals surface area (Å²) >= 11 is 0. The molecule has 0 radical (unpaired) electrons. The van der Waals surface area contributed by atoms with Crippen molar-refractivity contribution in [3.8, 4) is 5.75 Å². The summed E-state index contributed by atoms with van der Waals surface area (Å²) in [5, 5.41) is 3.68. The summed E-state index contributed by atoms with van der Waals surface area (Å²) in [5.74, 6) is -70.5. The first kappa shape index (κ1) is 61.3. The largest absolute Gasteiger partial charge is 0.334 e. The van der Waals surface area contributed by atoms with Crippen LogP contribution in [0.1, 0.15) is 63.9 Å². The van der Waals surface area contributed by atoms with Crippen molar-refractivity contribution in [3.05, 3.63) is 237 Å². The number of hydrogen-bond donors (Lipinski definition) is 0. The molecule has 81 heavy (non-hydrogen) atoms. The molecule has 0 spiro atoms. The maximum absolute atomic E-state index is 15.4. The fourth-order valence-corrected chi connectivity index (χ4v) is 13.2. The van der Waals surface area contributed by atoms with Crippen molar-refractivity contribution in [2.75, 3.05) is 0 Å². The van der Waals surface area contributed by atoms with Gasteiger partial charge in [-0.05, 0) is 66.9 Å². The summed E-state index contributed by atoms with van der Waals surface area (Å²) in [4.78, 5) is 0. The van der Waals surface area contributed by atoms with Gasteiger partial charge in [-0.3, -0.25) is 0 Å². The Kier molecular flexibility index (Phi) is 19.4. The second-order valence-corrected chi connectivity index (χ2v) is 21.3. The fourth-order valence-electron chi connectivity index (χ4n) is 9.73. The van der Waals surface area contributed by atoms with Crippen LogP contribution in [0.25, 0.3) is 0 Å². The maximum Gasteiger partial charge on any atom is 0.287 e. The summed E-state index contributed by atoms with van der Waals surface area (Å²) in [6.45, 7) is 2.28. The summed E-state index contributed by atoms with van der Waals surface area (Å²) in [6.07, 6.45) is 4.78. The lowest BCUT2D eigenvalue weighted by atomic mass is 9.12.